The normalized spacial score (nSPS) is 27.6. The summed E-state index contributed by atoms with van der Waals surface area (Å²) in [7, 11) is 3.96. The molecule has 1 aromatic heterocycles. The molecule has 2 saturated heterocycles. The summed E-state index contributed by atoms with van der Waals surface area (Å²) >= 11 is 0. The molecule has 2 aliphatic rings. The zero-order valence-corrected chi connectivity index (χ0v) is 11.7. The fraction of sp³-hybridized carbons (Fsp3) is 0.714. The third kappa shape index (κ3) is 2.58. The van der Waals surface area contributed by atoms with Gasteiger partial charge in [0.1, 0.15) is 12.1 Å². The van der Waals surface area contributed by atoms with E-state index in [4.69, 9.17) is 4.74 Å². The molecule has 0 spiro atoms. The van der Waals surface area contributed by atoms with Crippen LogP contribution in [0, 0.1) is 0 Å². The number of anilines is 1. The first-order valence-electron chi connectivity index (χ1n) is 7.04. The van der Waals surface area contributed by atoms with E-state index >= 15 is 0 Å². The van der Waals surface area contributed by atoms with Gasteiger partial charge in [0.15, 0.2) is 0 Å². The number of likely N-dealkylation sites (N-methyl/N-ethyl adjacent to an activating group) is 1. The molecule has 3 rings (SSSR count). The van der Waals surface area contributed by atoms with Crippen LogP contribution in [0.5, 0.6) is 0 Å². The molecular formula is C14H22N4O. The van der Waals surface area contributed by atoms with Gasteiger partial charge in [-0.3, -0.25) is 4.90 Å². The number of rotatable bonds is 3. The molecule has 2 atom stereocenters. The highest BCUT2D eigenvalue weighted by Crippen LogP contribution is 2.30. The second kappa shape index (κ2) is 5.43. The highest BCUT2D eigenvalue weighted by molar-refractivity contribution is 5.39. The van der Waals surface area contributed by atoms with Gasteiger partial charge < -0.3 is 9.64 Å². The molecule has 0 aliphatic carbocycles. The summed E-state index contributed by atoms with van der Waals surface area (Å²) in [6.45, 7) is 2.72. The first-order valence-corrected chi connectivity index (χ1v) is 7.04. The van der Waals surface area contributed by atoms with Crippen molar-refractivity contribution in [2.24, 2.45) is 0 Å². The molecule has 0 N–H and O–H groups in total. The van der Waals surface area contributed by atoms with Gasteiger partial charge in [0, 0.05) is 38.3 Å². The molecule has 5 heteroatoms. The Kier molecular flexibility index (Phi) is 3.66. The van der Waals surface area contributed by atoms with Crippen molar-refractivity contribution in [3.8, 4) is 0 Å². The van der Waals surface area contributed by atoms with E-state index in [9.17, 15) is 0 Å². The molecule has 0 saturated carbocycles. The minimum Gasteiger partial charge on any atom is -0.378 e. The molecule has 2 aliphatic heterocycles. The predicted molar refractivity (Wildman–Crippen MR) is 74.1 cm³/mol. The van der Waals surface area contributed by atoms with E-state index < -0.39 is 0 Å². The van der Waals surface area contributed by atoms with Gasteiger partial charge in [-0.15, -0.1) is 0 Å². The maximum atomic E-state index is 5.14. The zero-order valence-electron chi connectivity index (χ0n) is 11.7. The molecule has 5 nitrogen and oxygen atoms in total. The van der Waals surface area contributed by atoms with Crippen LogP contribution in [0.3, 0.4) is 0 Å². The Labute approximate surface area is 114 Å². The Balaban J connectivity index is 1.77. The van der Waals surface area contributed by atoms with E-state index in [1.165, 1.54) is 19.3 Å². The lowest BCUT2D eigenvalue weighted by Gasteiger charge is -2.26. The summed E-state index contributed by atoms with van der Waals surface area (Å²) in [5.74, 6) is 1.04. The molecule has 104 valence electrons. The number of fused-ring (bicyclic) bond motifs is 2. The average Bonchev–Trinajstić information content (AvgIpc) is 2.64. The third-order valence-electron chi connectivity index (χ3n) is 4.47. The highest BCUT2D eigenvalue weighted by Gasteiger charge is 2.34. The summed E-state index contributed by atoms with van der Waals surface area (Å²) in [5.41, 5.74) is 0.954. The summed E-state index contributed by atoms with van der Waals surface area (Å²) in [6.07, 6.45) is 5.55. The Hall–Kier alpha value is -1.20. The molecule has 0 radical (unpaired) electrons. The first kappa shape index (κ1) is 12.8. The van der Waals surface area contributed by atoms with Gasteiger partial charge in [0.2, 0.25) is 0 Å². The van der Waals surface area contributed by atoms with Gasteiger partial charge in [-0.05, 0) is 26.3 Å². The van der Waals surface area contributed by atoms with Crippen molar-refractivity contribution in [1.29, 1.82) is 0 Å². The molecular weight excluding hydrogens is 240 g/mol. The summed E-state index contributed by atoms with van der Waals surface area (Å²) in [4.78, 5) is 13.6. The Bertz CT molecular complexity index is 439. The maximum Gasteiger partial charge on any atom is 0.132 e. The molecule has 0 unspecified atom stereocenters. The van der Waals surface area contributed by atoms with E-state index in [1.54, 1.807) is 13.4 Å². The van der Waals surface area contributed by atoms with Gasteiger partial charge in [-0.25, -0.2) is 9.97 Å². The van der Waals surface area contributed by atoms with E-state index in [-0.39, 0.29) is 0 Å². The zero-order chi connectivity index (χ0) is 13.2. The lowest BCUT2D eigenvalue weighted by atomic mass is 10.1. The molecule has 0 amide bonds. The summed E-state index contributed by atoms with van der Waals surface area (Å²) in [5, 5.41) is 0. The van der Waals surface area contributed by atoms with Crippen molar-refractivity contribution in [2.75, 3.05) is 32.1 Å². The van der Waals surface area contributed by atoms with E-state index in [2.05, 4.69) is 32.9 Å². The fourth-order valence-electron chi connectivity index (χ4n) is 3.30. The monoisotopic (exact) mass is 262 g/mol. The number of hydrogen-bond acceptors (Lipinski definition) is 5. The van der Waals surface area contributed by atoms with Crippen LogP contribution in [-0.2, 0) is 11.3 Å². The molecule has 2 fully saturated rings. The van der Waals surface area contributed by atoms with E-state index in [0.29, 0.717) is 12.6 Å². The highest BCUT2D eigenvalue weighted by atomic mass is 16.5. The molecule has 3 heterocycles. The standard InChI is InChI=1S/C14H22N4O/c1-17-12-3-4-13(17)8-18(6-5-12)14-7-11(9-19-2)15-10-16-14/h7,10,12-13H,3-6,8-9H2,1-2H3/t12-,13+/m1/s1. The minimum atomic E-state index is 0.551. The molecule has 1 aromatic rings. The smallest absolute Gasteiger partial charge is 0.132 e. The lowest BCUT2D eigenvalue weighted by molar-refractivity contribution is 0.181. The molecule has 0 aromatic carbocycles. The van der Waals surface area contributed by atoms with Crippen molar-refractivity contribution >= 4 is 5.82 Å². The number of ether oxygens (including phenoxy) is 1. The molecule has 2 bridgehead atoms. The van der Waals surface area contributed by atoms with Crippen LogP contribution in [0.2, 0.25) is 0 Å². The van der Waals surface area contributed by atoms with Crippen molar-refractivity contribution in [2.45, 2.75) is 38.0 Å². The van der Waals surface area contributed by atoms with Crippen molar-refractivity contribution in [1.82, 2.24) is 14.9 Å². The van der Waals surface area contributed by atoms with Crippen molar-refractivity contribution < 1.29 is 4.74 Å². The second-order valence-electron chi connectivity index (χ2n) is 5.59. The van der Waals surface area contributed by atoms with Gasteiger partial charge in [0.25, 0.3) is 0 Å². The van der Waals surface area contributed by atoms with Crippen LogP contribution in [0.15, 0.2) is 12.4 Å². The Morgan fingerprint density at radius 1 is 1.26 bits per heavy atom. The quantitative estimate of drug-likeness (QED) is 0.821. The third-order valence-corrected chi connectivity index (χ3v) is 4.47. The van der Waals surface area contributed by atoms with Crippen LogP contribution in [-0.4, -0.2) is 54.2 Å². The number of nitrogens with zero attached hydrogens (tertiary/aromatic N) is 4. The van der Waals surface area contributed by atoms with Crippen LogP contribution >= 0.6 is 0 Å². The Morgan fingerprint density at radius 3 is 2.95 bits per heavy atom. The largest absolute Gasteiger partial charge is 0.378 e. The number of methoxy groups -OCH3 is 1. The van der Waals surface area contributed by atoms with E-state index in [0.717, 1.165) is 30.6 Å². The van der Waals surface area contributed by atoms with Crippen LogP contribution < -0.4 is 4.90 Å². The lowest BCUT2D eigenvalue weighted by Crippen LogP contribution is -2.37. The number of hydrogen-bond donors (Lipinski definition) is 0. The van der Waals surface area contributed by atoms with Gasteiger partial charge >= 0.3 is 0 Å². The fourth-order valence-corrected chi connectivity index (χ4v) is 3.30. The van der Waals surface area contributed by atoms with E-state index in [1.807, 2.05) is 0 Å². The van der Waals surface area contributed by atoms with Crippen LogP contribution in [0.4, 0.5) is 5.82 Å². The van der Waals surface area contributed by atoms with Gasteiger partial charge in [0.05, 0.1) is 12.3 Å². The van der Waals surface area contributed by atoms with Gasteiger partial charge in [-0.1, -0.05) is 0 Å². The second-order valence-corrected chi connectivity index (χ2v) is 5.59. The minimum absolute atomic E-state index is 0.551. The number of aromatic nitrogens is 2. The maximum absolute atomic E-state index is 5.14. The van der Waals surface area contributed by atoms with Gasteiger partial charge in [-0.2, -0.15) is 0 Å². The van der Waals surface area contributed by atoms with Crippen molar-refractivity contribution in [3.05, 3.63) is 18.1 Å². The predicted octanol–water partition coefficient (Wildman–Crippen LogP) is 1.30. The summed E-state index contributed by atoms with van der Waals surface area (Å²) in [6, 6.07) is 3.49. The first-order chi connectivity index (χ1) is 9.28. The van der Waals surface area contributed by atoms with Crippen LogP contribution in [0.25, 0.3) is 0 Å². The average molecular weight is 262 g/mol. The molecule has 19 heavy (non-hydrogen) atoms. The van der Waals surface area contributed by atoms with Crippen molar-refractivity contribution in [3.63, 3.8) is 0 Å². The topological polar surface area (TPSA) is 41.5 Å². The Morgan fingerprint density at radius 2 is 2.11 bits per heavy atom. The van der Waals surface area contributed by atoms with Crippen LogP contribution in [0.1, 0.15) is 25.0 Å². The SMILES string of the molecule is COCc1cc(N2CC[C@H]3CC[C@@H](C2)N3C)ncn1. The summed E-state index contributed by atoms with van der Waals surface area (Å²) < 4.78 is 5.14.